The van der Waals surface area contributed by atoms with Crippen LogP contribution in [0.15, 0.2) is 84.4 Å². The number of halogens is 3. The molecule has 9 heteroatoms. The van der Waals surface area contributed by atoms with Crippen LogP contribution in [0.4, 0.5) is 18.3 Å². The van der Waals surface area contributed by atoms with Crippen molar-refractivity contribution in [1.82, 2.24) is 14.8 Å². The van der Waals surface area contributed by atoms with E-state index in [9.17, 15) is 18.0 Å². The molecule has 0 aliphatic rings. The molecule has 0 unspecified atom stereocenters. The van der Waals surface area contributed by atoms with E-state index in [0.29, 0.717) is 5.69 Å². The normalized spacial score (nSPS) is 11.6. The summed E-state index contributed by atoms with van der Waals surface area (Å²) in [7, 11) is 0. The first kappa shape index (κ1) is 20.9. The number of hydrogen-bond donors (Lipinski definition) is 1. The Morgan fingerprint density at radius 2 is 1.67 bits per heavy atom. The van der Waals surface area contributed by atoms with Gasteiger partial charge in [-0.1, -0.05) is 54.6 Å². The van der Waals surface area contributed by atoms with Gasteiger partial charge in [-0.05, 0) is 29.0 Å². The molecule has 164 valence electrons. The van der Waals surface area contributed by atoms with E-state index in [1.54, 1.807) is 23.6 Å². The van der Waals surface area contributed by atoms with Crippen molar-refractivity contribution >= 4 is 33.1 Å². The minimum absolute atomic E-state index is 0.198. The summed E-state index contributed by atoms with van der Waals surface area (Å²) in [6, 6.07) is 21.6. The van der Waals surface area contributed by atoms with Gasteiger partial charge in [0.2, 0.25) is 0 Å². The molecule has 0 fully saturated rings. The Bertz CT molecular complexity index is 1460. The quantitative estimate of drug-likeness (QED) is 0.334. The minimum atomic E-state index is -4.78. The number of fused-ring (bicyclic) bond motifs is 1. The average Bonchev–Trinajstić information content (AvgIpc) is 3.47. The summed E-state index contributed by atoms with van der Waals surface area (Å²) in [5.41, 5.74) is -0.0431. The second-order valence-electron chi connectivity index (χ2n) is 7.21. The lowest BCUT2D eigenvalue weighted by Gasteiger charge is -2.12. The van der Waals surface area contributed by atoms with E-state index < -0.39 is 23.3 Å². The summed E-state index contributed by atoms with van der Waals surface area (Å²) in [6.45, 7) is 0. The molecule has 0 atom stereocenters. The van der Waals surface area contributed by atoms with Gasteiger partial charge in [0.15, 0.2) is 10.8 Å². The van der Waals surface area contributed by atoms with Crippen LogP contribution in [0.25, 0.3) is 27.7 Å². The van der Waals surface area contributed by atoms with Crippen molar-refractivity contribution in [3.8, 4) is 16.9 Å². The number of nitrogens with one attached hydrogen (secondary N) is 1. The second kappa shape index (κ2) is 8.18. The van der Waals surface area contributed by atoms with Gasteiger partial charge in [0.1, 0.15) is 0 Å². The van der Waals surface area contributed by atoms with Gasteiger partial charge in [-0.25, -0.2) is 9.67 Å². The molecule has 1 N–H and O–H groups in total. The van der Waals surface area contributed by atoms with E-state index in [1.807, 2.05) is 42.5 Å². The van der Waals surface area contributed by atoms with Gasteiger partial charge in [0, 0.05) is 10.9 Å². The number of nitrogens with zero attached hydrogens (tertiary/aromatic N) is 3. The van der Waals surface area contributed by atoms with Crippen LogP contribution >= 0.6 is 11.3 Å². The molecular weight excluding hydrogens is 449 g/mol. The Kier molecular flexibility index (Phi) is 5.18. The molecule has 1 amide bonds. The molecule has 3 aromatic carbocycles. The maximum absolute atomic E-state index is 13.8. The van der Waals surface area contributed by atoms with Crippen molar-refractivity contribution < 1.29 is 18.0 Å². The zero-order valence-electron chi connectivity index (χ0n) is 16.9. The molecule has 0 saturated heterocycles. The fraction of sp³-hybridized carbons (Fsp3) is 0.0417. The number of carbonyl (C=O) groups is 1. The van der Waals surface area contributed by atoms with E-state index in [4.69, 9.17) is 0 Å². The number of hydrogen-bond acceptors (Lipinski definition) is 4. The van der Waals surface area contributed by atoms with E-state index in [0.717, 1.165) is 38.6 Å². The number of alkyl halides is 3. The zero-order valence-corrected chi connectivity index (χ0v) is 17.7. The molecule has 5 rings (SSSR count). The molecule has 5 aromatic rings. The third-order valence-corrected chi connectivity index (χ3v) is 5.81. The average molecular weight is 464 g/mol. The van der Waals surface area contributed by atoms with Crippen LogP contribution in [0.3, 0.4) is 0 Å². The molecule has 0 radical (unpaired) electrons. The Labute approximate surface area is 190 Å². The van der Waals surface area contributed by atoms with Crippen LogP contribution < -0.4 is 5.32 Å². The molecule has 5 nitrogen and oxygen atoms in total. The van der Waals surface area contributed by atoms with Gasteiger partial charge in [-0.2, -0.15) is 18.3 Å². The molecule has 0 saturated carbocycles. The largest absolute Gasteiger partial charge is 0.434 e. The summed E-state index contributed by atoms with van der Waals surface area (Å²) in [4.78, 5) is 17.1. The third-order valence-electron chi connectivity index (χ3n) is 5.05. The second-order valence-corrected chi connectivity index (χ2v) is 8.06. The predicted octanol–water partition coefficient (Wildman–Crippen LogP) is 6.42. The lowest BCUT2D eigenvalue weighted by molar-refractivity contribution is -0.143. The number of para-hydroxylation sites is 1. The fourth-order valence-electron chi connectivity index (χ4n) is 3.53. The lowest BCUT2D eigenvalue weighted by atomic mass is 10.1. The van der Waals surface area contributed by atoms with E-state index in [2.05, 4.69) is 15.4 Å². The summed E-state index contributed by atoms with van der Waals surface area (Å²) in [5, 5.41) is 10.4. The molecule has 0 spiro atoms. The SMILES string of the molecule is O=C(Nc1nc(-c2ccc3ccccc3c2)cs1)c1cnn(-c2ccccc2)c1C(F)(F)F. The number of rotatable bonds is 4. The molecule has 0 aliphatic heterocycles. The van der Waals surface area contributed by atoms with E-state index in [1.165, 1.54) is 12.1 Å². The Balaban J connectivity index is 1.44. The van der Waals surface area contributed by atoms with Crippen molar-refractivity contribution in [2.24, 2.45) is 0 Å². The van der Waals surface area contributed by atoms with Crippen molar-refractivity contribution in [2.75, 3.05) is 5.32 Å². The van der Waals surface area contributed by atoms with Crippen LogP contribution in [-0.2, 0) is 6.18 Å². The van der Waals surface area contributed by atoms with Gasteiger partial charge in [-0.15, -0.1) is 11.3 Å². The molecule has 2 aromatic heterocycles. The maximum Gasteiger partial charge on any atom is 0.434 e. The van der Waals surface area contributed by atoms with Crippen LogP contribution in [0.2, 0.25) is 0 Å². The summed E-state index contributed by atoms with van der Waals surface area (Å²) in [6.07, 6.45) is -3.86. The van der Waals surface area contributed by atoms with Crippen molar-refractivity contribution in [3.63, 3.8) is 0 Å². The first-order valence-corrected chi connectivity index (χ1v) is 10.7. The monoisotopic (exact) mass is 464 g/mol. The summed E-state index contributed by atoms with van der Waals surface area (Å²) < 4.78 is 42.2. The van der Waals surface area contributed by atoms with Crippen molar-refractivity contribution in [2.45, 2.75) is 6.18 Å². The van der Waals surface area contributed by atoms with Gasteiger partial charge >= 0.3 is 6.18 Å². The summed E-state index contributed by atoms with van der Waals surface area (Å²) >= 11 is 1.14. The maximum atomic E-state index is 13.8. The number of carbonyl (C=O) groups excluding carboxylic acids is 1. The highest BCUT2D eigenvalue weighted by Gasteiger charge is 2.40. The molecular formula is C24H15F3N4OS. The number of anilines is 1. The minimum Gasteiger partial charge on any atom is -0.298 e. The van der Waals surface area contributed by atoms with Gasteiger partial charge in [0.25, 0.3) is 5.91 Å². The molecule has 0 aliphatic carbocycles. The first-order valence-electron chi connectivity index (χ1n) is 9.87. The molecule has 0 bridgehead atoms. The lowest BCUT2D eigenvalue weighted by Crippen LogP contribution is -2.20. The van der Waals surface area contributed by atoms with Crippen LogP contribution in [0, 0.1) is 0 Å². The van der Waals surface area contributed by atoms with Gasteiger partial charge in [-0.3, -0.25) is 10.1 Å². The molecule has 2 heterocycles. The highest BCUT2D eigenvalue weighted by Crippen LogP contribution is 2.34. The van der Waals surface area contributed by atoms with Gasteiger partial charge < -0.3 is 0 Å². The topological polar surface area (TPSA) is 59.8 Å². The fourth-order valence-corrected chi connectivity index (χ4v) is 4.24. The van der Waals surface area contributed by atoms with Crippen LogP contribution in [-0.4, -0.2) is 20.7 Å². The number of amides is 1. The van der Waals surface area contributed by atoms with Gasteiger partial charge in [0.05, 0.1) is 23.1 Å². The smallest absolute Gasteiger partial charge is 0.298 e. The number of thiazole rings is 1. The van der Waals surface area contributed by atoms with E-state index >= 15 is 0 Å². The van der Waals surface area contributed by atoms with E-state index in [-0.39, 0.29) is 10.8 Å². The number of aromatic nitrogens is 3. The standard InChI is InChI=1S/C24H15F3N4OS/c25-24(26,27)21-19(13-28-31(21)18-8-2-1-3-9-18)22(32)30-23-29-20(14-33-23)17-11-10-15-6-4-5-7-16(15)12-17/h1-14H,(H,29,30,32). The Morgan fingerprint density at radius 3 is 2.42 bits per heavy atom. The highest BCUT2D eigenvalue weighted by molar-refractivity contribution is 7.14. The highest BCUT2D eigenvalue weighted by atomic mass is 32.1. The predicted molar refractivity (Wildman–Crippen MR) is 122 cm³/mol. The number of benzene rings is 3. The zero-order chi connectivity index (χ0) is 23.0. The Hall–Kier alpha value is -3.98. The van der Waals surface area contributed by atoms with Crippen molar-refractivity contribution in [3.05, 3.63) is 95.6 Å². The van der Waals surface area contributed by atoms with Crippen LogP contribution in [0.5, 0.6) is 0 Å². The Morgan fingerprint density at radius 1 is 0.939 bits per heavy atom. The summed E-state index contributed by atoms with van der Waals surface area (Å²) in [5.74, 6) is -0.927. The van der Waals surface area contributed by atoms with Crippen molar-refractivity contribution in [1.29, 1.82) is 0 Å². The molecule has 33 heavy (non-hydrogen) atoms. The van der Waals surface area contributed by atoms with Crippen LogP contribution in [0.1, 0.15) is 16.1 Å². The first-order chi connectivity index (χ1) is 15.9. The third kappa shape index (κ3) is 4.10.